The summed E-state index contributed by atoms with van der Waals surface area (Å²) in [6, 6.07) is 1.85. The standard InChI is InChI=1S/C12H15ClN4.H3N/c1-3-8(2)10-11(17-6-4-5-16-17)9(13)7-15-12(10)14;/h4-8H,3H2,1-2H3,(H2,14,15);1H3. The number of rotatable bonds is 3. The molecule has 0 aliphatic heterocycles. The number of halogens is 1. The van der Waals surface area contributed by atoms with E-state index >= 15 is 0 Å². The lowest BCUT2D eigenvalue weighted by atomic mass is 9.97. The van der Waals surface area contributed by atoms with Gasteiger partial charge in [-0.3, -0.25) is 0 Å². The molecule has 0 amide bonds. The van der Waals surface area contributed by atoms with Crippen LogP contribution in [0.2, 0.25) is 5.02 Å². The first-order valence-electron chi connectivity index (χ1n) is 5.59. The topological polar surface area (TPSA) is 91.7 Å². The average molecular weight is 268 g/mol. The molecule has 0 bridgehead atoms. The van der Waals surface area contributed by atoms with Crippen LogP contribution in [0, 0.1) is 0 Å². The highest BCUT2D eigenvalue weighted by atomic mass is 35.5. The number of nitrogen functional groups attached to an aromatic ring is 1. The van der Waals surface area contributed by atoms with E-state index < -0.39 is 0 Å². The number of nitrogens with two attached hydrogens (primary N) is 1. The van der Waals surface area contributed by atoms with Crippen molar-refractivity contribution in [1.82, 2.24) is 20.9 Å². The average Bonchev–Trinajstić information content (AvgIpc) is 2.84. The molecule has 0 aliphatic carbocycles. The van der Waals surface area contributed by atoms with Crippen LogP contribution in [0.4, 0.5) is 5.82 Å². The molecule has 0 aliphatic rings. The predicted octanol–water partition coefficient (Wildman–Crippen LogP) is 3.18. The highest BCUT2D eigenvalue weighted by molar-refractivity contribution is 6.32. The van der Waals surface area contributed by atoms with Crippen molar-refractivity contribution in [3.8, 4) is 5.69 Å². The highest BCUT2D eigenvalue weighted by Gasteiger charge is 2.18. The molecule has 0 fully saturated rings. The molecular formula is C12H18ClN5. The smallest absolute Gasteiger partial charge is 0.129 e. The summed E-state index contributed by atoms with van der Waals surface area (Å²) in [7, 11) is 0. The van der Waals surface area contributed by atoms with Gasteiger partial charge in [-0.2, -0.15) is 5.10 Å². The maximum Gasteiger partial charge on any atom is 0.129 e. The monoisotopic (exact) mass is 267 g/mol. The second kappa shape index (κ2) is 5.84. The van der Waals surface area contributed by atoms with Gasteiger partial charge in [-0.05, 0) is 18.4 Å². The molecule has 2 rings (SSSR count). The quantitative estimate of drug-likeness (QED) is 0.893. The fourth-order valence-corrected chi connectivity index (χ4v) is 2.07. The van der Waals surface area contributed by atoms with Crippen molar-refractivity contribution in [2.24, 2.45) is 0 Å². The number of anilines is 1. The van der Waals surface area contributed by atoms with E-state index in [1.165, 1.54) is 0 Å². The van der Waals surface area contributed by atoms with Gasteiger partial charge in [0.15, 0.2) is 0 Å². The third-order valence-electron chi connectivity index (χ3n) is 2.91. The van der Waals surface area contributed by atoms with E-state index in [1.54, 1.807) is 17.1 Å². The zero-order valence-corrected chi connectivity index (χ0v) is 11.4. The Balaban J connectivity index is 0.00000162. The second-order valence-corrected chi connectivity index (χ2v) is 4.42. The molecule has 5 N–H and O–H groups in total. The van der Waals surface area contributed by atoms with Crippen molar-refractivity contribution < 1.29 is 0 Å². The molecule has 5 nitrogen and oxygen atoms in total. The Bertz CT molecular complexity index is 509. The molecule has 1 unspecified atom stereocenters. The maximum atomic E-state index is 6.21. The largest absolute Gasteiger partial charge is 0.383 e. The molecule has 18 heavy (non-hydrogen) atoms. The normalized spacial score (nSPS) is 11.9. The van der Waals surface area contributed by atoms with Gasteiger partial charge in [0, 0.05) is 18.0 Å². The SMILES string of the molecule is CCC(C)c1c(N)ncc(Cl)c1-n1cccn1.N. The molecule has 0 saturated carbocycles. The van der Waals surface area contributed by atoms with Gasteiger partial charge in [0.05, 0.1) is 16.9 Å². The van der Waals surface area contributed by atoms with Crippen molar-refractivity contribution in [3.63, 3.8) is 0 Å². The second-order valence-electron chi connectivity index (χ2n) is 4.01. The van der Waals surface area contributed by atoms with Crippen LogP contribution in [-0.4, -0.2) is 14.8 Å². The Kier molecular flexibility index (Phi) is 4.69. The Labute approximate surface area is 112 Å². The number of pyridine rings is 1. The van der Waals surface area contributed by atoms with Gasteiger partial charge in [0.1, 0.15) is 5.82 Å². The van der Waals surface area contributed by atoms with E-state index in [0.717, 1.165) is 17.7 Å². The molecule has 98 valence electrons. The molecule has 2 aromatic heterocycles. The van der Waals surface area contributed by atoms with Crippen molar-refractivity contribution in [2.75, 3.05) is 5.73 Å². The first kappa shape index (κ1) is 14.5. The maximum absolute atomic E-state index is 6.21. The van der Waals surface area contributed by atoms with Crippen molar-refractivity contribution in [1.29, 1.82) is 0 Å². The first-order valence-corrected chi connectivity index (χ1v) is 5.96. The van der Waals surface area contributed by atoms with Gasteiger partial charge >= 0.3 is 0 Å². The zero-order chi connectivity index (χ0) is 12.4. The summed E-state index contributed by atoms with van der Waals surface area (Å²) in [5.74, 6) is 0.814. The molecule has 2 heterocycles. The van der Waals surface area contributed by atoms with E-state index in [-0.39, 0.29) is 6.15 Å². The van der Waals surface area contributed by atoms with E-state index in [4.69, 9.17) is 17.3 Å². The number of hydrogen-bond donors (Lipinski definition) is 2. The van der Waals surface area contributed by atoms with Crippen LogP contribution in [0.3, 0.4) is 0 Å². The van der Waals surface area contributed by atoms with Crippen LogP contribution in [0.15, 0.2) is 24.7 Å². The van der Waals surface area contributed by atoms with Gasteiger partial charge in [0.2, 0.25) is 0 Å². The van der Waals surface area contributed by atoms with Gasteiger partial charge in [0.25, 0.3) is 0 Å². The summed E-state index contributed by atoms with van der Waals surface area (Å²) >= 11 is 6.21. The molecule has 0 spiro atoms. The summed E-state index contributed by atoms with van der Waals surface area (Å²) in [5, 5.41) is 4.78. The molecule has 0 saturated heterocycles. The van der Waals surface area contributed by atoms with Crippen molar-refractivity contribution in [2.45, 2.75) is 26.2 Å². The third-order valence-corrected chi connectivity index (χ3v) is 3.19. The van der Waals surface area contributed by atoms with Crippen LogP contribution in [-0.2, 0) is 0 Å². The van der Waals surface area contributed by atoms with Crippen molar-refractivity contribution in [3.05, 3.63) is 35.2 Å². The van der Waals surface area contributed by atoms with E-state index in [1.807, 2.05) is 12.3 Å². The van der Waals surface area contributed by atoms with Crippen molar-refractivity contribution >= 4 is 17.4 Å². The van der Waals surface area contributed by atoms with Crippen LogP contribution in [0.5, 0.6) is 0 Å². The summed E-state index contributed by atoms with van der Waals surface area (Å²) < 4.78 is 1.74. The molecule has 0 aromatic carbocycles. The van der Waals surface area contributed by atoms with Gasteiger partial charge < -0.3 is 11.9 Å². The van der Waals surface area contributed by atoms with Gasteiger partial charge in [-0.15, -0.1) is 0 Å². The number of aromatic nitrogens is 3. The number of hydrogen-bond acceptors (Lipinski definition) is 4. The third kappa shape index (κ3) is 2.47. The lowest BCUT2D eigenvalue weighted by Gasteiger charge is -2.17. The Morgan fingerprint density at radius 3 is 2.78 bits per heavy atom. The Morgan fingerprint density at radius 2 is 2.22 bits per heavy atom. The molecule has 1 atom stereocenters. The molecular weight excluding hydrogens is 250 g/mol. The molecule has 2 aromatic rings. The van der Waals surface area contributed by atoms with Crippen LogP contribution >= 0.6 is 11.6 Å². The zero-order valence-electron chi connectivity index (χ0n) is 10.6. The van der Waals surface area contributed by atoms with Crippen LogP contribution in [0.1, 0.15) is 31.7 Å². The summed E-state index contributed by atoms with van der Waals surface area (Å²) in [4.78, 5) is 4.12. The van der Waals surface area contributed by atoms with E-state index in [2.05, 4.69) is 23.9 Å². The van der Waals surface area contributed by atoms with E-state index in [9.17, 15) is 0 Å². The Hall–Kier alpha value is -1.59. The van der Waals surface area contributed by atoms with Gasteiger partial charge in [-0.1, -0.05) is 25.4 Å². The van der Waals surface area contributed by atoms with Crippen LogP contribution in [0.25, 0.3) is 5.69 Å². The summed E-state index contributed by atoms with van der Waals surface area (Å²) in [6.07, 6.45) is 6.11. The number of nitrogens with zero attached hydrogens (tertiary/aromatic N) is 3. The minimum absolute atomic E-state index is 0. The summed E-state index contributed by atoms with van der Waals surface area (Å²) in [6.45, 7) is 4.22. The van der Waals surface area contributed by atoms with Crippen LogP contribution < -0.4 is 11.9 Å². The first-order chi connectivity index (χ1) is 8.15. The fourth-order valence-electron chi connectivity index (χ4n) is 1.83. The minimum Gasteiger partial charge on any atom is -0.383 e. The fraction of sp³-hybridized carbons (Fsp3) is 0.333. The molecule has 0 radical (unpaired) electrons. The highest BCUT2D eigenvalue weighted by Crippen LogP contribution is 2.33. The van der Waals surface area contributed by atoms with Gasteiger partial charge in [-0.25, -0.2) is 9.67 Å². The van der Waals surface area contributed by atoms with E-state index in [0.29, 0.717) is 16.8 Å². The lowest BCUT2D eigenvalue weighted by molar-refractivity contribution is 0.716. The predicted molar refractivity (Wildman–Crippen MR) is 74.5 cm³/mol. The Morgan fingerprint density at radius 1 is 1.50 bits per heavy atom. The minimum atomic E-state index is 0. The summed E-state index contributed by atoms with van der Waals surface area (Å²) in [5.41, 5.74) is 7.76. The molecule has 6 heteroatoms. The lowest BCUT2D eigenvalue weighted by Crippen LogP contribution is -2.09.